The summed E-state index contributed by atoms with van der Waals surface area (Å²) in [4.78, 5) is 29.5. The Morgan fingerprint density at radius 1 is 0.139 bits per heavy atom. The molecule has 0 fully saturated rings. The lowest BCUT2D eigenvalue weighted by Crippen LogP contribution is -2.00. The lowest BCUT2D eigenvalue weighted by atomic mass is 9.88. The van der Waals surface area contributed by atoms with Crippen molar-refractivity contribution in [2.75, 3.05) is 0 Å². The van der Waals surface area contributed by atoms with E-state index in [1.807, 2.05) is 121 Å². The summed E-state index contributed by atoms with van der Waals surface area (Å²) in [6, 6.07) is 92.3. The SMILES string of the molecule is c1ccc(-c2nc(-c3ccccc3)nc(-c3ccc(-c4cccc(-c5ccccc5-c5ccccc5-c5cccc(-c6ccc(-c7nc(-c8ccccc8)nc(-c8ccccc8)n7)cc6)c5)c4)cc3)n2)cc1. The van der Waals surface area contributed by atoms with Crippen molar-refractivity contribution < 1.29 is 0 Å². The quantitative estimate of drug-likeness (QED) is 0.129. The lowest BCUT2D eigenvalue weighted by Gasteiger charge is -2.16. The molecule has 0 aliphatic carbocycles. The molecule has 0 N–H and O–H groups in total. The van der Waals surface area contributed by atoms with Gasteiger partial charge in [-0.1, -0.05) is 255 Å². The van der Waals surface area contributed by atoms with Gasteiger partial charge in [-0.3, -0.25) is 0 Å². The summed E-state index contributed by atoms with van der Waals surface area (Å²) in [5.74, 6) is 3.83. The maximum absolute atomic E-state index is 4.95. The van der Waals surface area contributed by atoms with Crippen molar-refractivity contribution in [1.82, 2.24) is 29.9 Å². The van der Waals surface area contributed by atoms with E-state index < -0.39 is 0 Å². The van der Waals surface area contributed by atoms with Crippen LogP contribution in [0.15, 0.2) is 267 Å². The van der Waals surface area contributed by atoms with E-state index in [9.17, 15) is 0 Å². The van der Waals surface area contributed by atoms with E-state index in [-0.39, 0.29) is 0 Å². The molecular weight excluding hydrogens is 877 g/mol. The topological polar surface area (TPSA) is 77.3 Å². The van der Waals surface area contributed by atoms with Gasteiger partial charge in [0.2, 0.25) is 0 Å². The van der Waals surface area contributed by atoms with Gasteiger partial charge in [-0.05, 0) is 67.8 Å². The Morgan fingerprint density at radius 3 is 0.639 bits per heavy atom. The number of hydrogen-bond donors (Lipinski definition) is 0. The van der Waals surface area contributed by atoms with Crippen LogP contribution in [0.5, 0.6) is 0 Å². The summed E-state index contributed by atoms with van der Waals surface area (Å²) in [6.07, 6.45) is 0. The van der Waals surface area contributed by atoms with Crippen LogP contribution in [0.4, 0.5) is 0 Å². The van der Waals surface area contributed by atoms with E-state index in [4.69, 9.17) is 29.9 Å². The maximum atomic E-state index is 4.95. The van der Waals surface area contributed by atoms with Crippen LogP contribution < -0.4 is 0 Å². The van der Waals surface area contributed by atoms with E-state index in [2.05, 4.69) is 146 Å². The van der Waals surface area contributed by atoms with Gasteiger partial charge in [-0.2, -0.15) is 0 Å². The zero-order valence-electron chi connectivity index (χ0n) is 39.1. The number of benzene rings is 10. The summed E-state index contributed by atoms with van der Waals surface area (Å²) < 4.78 is 0. The number of aromatic nitrogens is 6. The molecule has 0 aliphatic rings. The minimum atomic E-state index is 0.630. The molecule has 0 saturated heterocycles. The second-order valence-electron chi connectivity index (χ2n) is 17.5. The summed E-state index contributed by atoms with van der Waals surface area (Å²) in [5, 5.41) is 0. The van der Waals surface area contributed by atoms with Gasteiger partial charge in [-0.15, -0.1) is 0 Å². The predicted octanol–water partition coefficient (Wildman–Crippen LogP) is 16.4. The summed E-state index contributed by atoms with van der Waals surface area (Å²) in [7, 11) is 0. The molecule has 6 heteroatoms. The van der Waals surface area contributed by atoms with Gasteiger partial charge in [-0.25, -0.2) is 29.9 Å². The highest BCUT2D eigenvalue weighted by Gasteiger charge is 2.17. The Balaban J connectivity index is 0.834. The molecule has 2 aromatic heterocycles. The lowest BCUT2D eigenvalue weighted by molar-refractivity contribution is 1.07. The van der Waals surface area contributed by atoms with Gasteiger partial charge in [0.15, 0.2) is 34.9 Å². The third-order valence-electron chi connectivity index (χ3n) is 12.8. The highest BCUT2D eigenvalue weighted by atomic mass is 15.0. The van der Waals surface area contributed by atoms with Crippen molar-refractivity contribution in [3.63, 3.8) is 0 Å². The van der Waals surface area contributed by atoms with Gasteiger partial charge in [0.05, 0.1) is 0 Å². The molecule has 72 heavy (non-hydrogen) atoms. The Labute approximate surface area is 418 Å². The van der Waals surface area contributed by atoms with E-state index in [0.717, 1.165) is 89.0 Å². The van der Waals surface area contributed by atoms with Crippen molar-refractivity contribution in [1.29, 1.82) is 0 Å². The second kappa shape index (κ2) is 19.7. The fourth-order valence-electron chi connectivity index (χ4n) is 9.17. The molecule has 0 bridgehead atoms. The van der Waals surface area contributed by atoms with E-state index in [0.29, 0.717) is 34.9 Å². The van der Waals surface area contributed by atoms with Gasteiger partial charge in [0.25, 0.3) is 0 Å². The Kier molecular flexibility index (Phi) is 11.9. The molecule has 0 saturated carbocycles. The van der Waals surface area contributed by atoms with Crippen LogP contribution in [-0.4, -0.2) is 29.9 Å². The summed E-state index contributed by atoms with van der Waals surface area (Å²) in [5.41, 5.74) is 17.0. The van der Waals surface area contributed by atoms with E-state index in [1.54, 1.807) is 0 Å². The highest BCUT2D eigenvalue weighted by molar-refractivity contribution is 5.93. The van der Waals surface area contributed by atoms with Gasteiger partial charge < -0.3 is 0 Å². The first kappa shape index (κ1) is 43.5. The van der Waals surface area contributed by atoms with Crippen LogP contribution in [0.2, 0.25) is 0 Å². The van der Waals surface area contributed by atoms with Crippen molar-refractivity contribution in [2.45, 2.75) is 0 Å². The Hall–Kier alpha value is -9.78. The molecule has 338 valence electrons. The third kappa shape index (κ3) is 9.11. The van der Waals surface area contributed by atoms with Gasteiger partial charge in [0.1, 0.15) is 0 Å². The molecule has 10 aromatic carbocycles. The average Bonchev–Trinajstić information content (AvgIpc) is 3.48. The molecule has 6 nitrogen and oxygen atoms in total. The fourth-order valence-corrected chi connectivity index (χ4v) is 9.17. The molecule has 12 aromatic rings. The fraction of sp³-hybridized carbons (Fsp3) is 0. The van der Waals surface area contributed by atoms with Gasteiger partial charge >= 0.3 is 0 Å². The molecule has 0 atom stereocenters. The summed E-state index contributed by atoms with van der Waals surface area (Å²) in [6.45, 7) is 0. The van der Waals surface area contributed by atoms with Crippen molar-refractivity contribution in [2.24, 2.45) is 0 Å². The van der Waals surface area contributed by atoms with Crippen LogP contribution >= 0.6 is 0 Å². The summed E-state index contributed by atoms with van der Waals surface area (Å²) >= 11 is 0. The first-order valence-corrected chi connectivity index (χ1v) is 24.0. The first-order valence-electron chi connectivity index (χ1n) is 24.0. The van der Waals surface area contributed by atoms with E-state index >= 15 is 0 Å². The predicted molar refractivity (Wildman–Crippen MR) is 293 cm³/mol. The third-order valence-corrected chi connectivity index (χ3v) is 12.8. The average molecular weight is 921 g/mol. The number of rotatable bonds is 11. The molecule has 0 spiro atoms. The van der Waals surface area contributed by atoms with Crippen molar-refractivity contribution in [3.05, 3.63) is 267 Å². The minimum Gasteiger partial charge on any atom is -0.208 e. The van der Waals surface area contributed by atoms with Crippen molar-refractivity contribution in [3.8, 4) is 124 Å². The molecule has 0 unspecified atom stereocenters. The maximum Gasteiger partial charge on any atom is 0.164 e. The molecule has 2 heterocycles. The monoisotopic (exact) mass is 920 g/mol. The van der Waals surface area contributed by atoms with Crippen molar-refractivity contribution >= 4 is 0 Å². The molecule has 12 rings (SSSR count). The van der Waals surface area contributed by atoms with Crippen LogP contribution in [-0.2, 0) is 0 Å². The largest absolute Gasteiger partial charge is 0.208 e. The molecule has 0 amide bonds. The minimum absolute atomic E-state index is 0.630. The van der Waals surface area contributed by atoms with Crippen LogP contribution in [0.3, 0.4) is 0 Å². The van der Waals surface area contributed by atoms with E-state index in [1.165, 1.54) is 0 Å². The standard InChI is InChI=1S/C66H44N6/c1-5-19-47(20-6-1)61-67-62(48-21-7-2-8-22-48)70-65(69-61)51-39-35-45(36-40-51)53-27-17-29-55(43-53)57-31-13-15-33-59(57)60-34-16-14-32-58(60)56-30-18-28-54(44-56)46-37-41-52(42-38-46)66-71-63(49-23-9-3-10-24-49)68-64(72-66)50-25-11-4-12-26-50/h1-44H. The van der Waals surface area contributed by atoms with Gasteiger partial charge in [0, 0.05) is 33.4 Å². The number of nitrogens with zero attached hydrogens (tertiary/aromatic N) is 6. The molecule has 0 radical (unpaired) electrons. The molecular formula is C66H44N6. The zero-order chi connectivity index (χ0) is 48.1. The van der Waals surface area contributed by atoms with Crippen LogP contribution in [0, 0.1) is 0 Å². The smallest absolute Gasteiger partial charge is 0.164 e. The normalized spacial score (nSPS) is 11.1. The Bertz CT molecular complexity index is 3450. The Morgan fingerprint density at radius 2 is 0.347 bits per heavy atom. The number of hydrogen-bond acceptors (Lipinski definition) is 6. The highest BCUT2D eigenvalue weighted by Crippen LogP contribution is 2.40. The second-order valence-corrected chi connectivity index (χ2v) is 17.5. The van der Waals surface area contributed by atoms with Crippen LogP contribution in [0.25, 0.3) is 124 Å². The molecule has 0 aliphatic heterocycles. The zero-order valence-corrected chi connectivity index (χ0v) is 39.1. The van der Waals surface area contributed by atoms with Crippen LogP contribution in [0.1, 0.15) is 0 Å². The first-order chi connectivity index (χ1) is 35.7.